The van der Waals surface area contributed by atoms with Crippen molar-refractivity contribution in [1.29, 1.82) is 0 Å². The minimum Gasteiger partial charge on any atom is -0.325 e. The highest BCUT2D eigenvalue weighted by molar-refractivity contribution is 4.92. The summed E-state index contributed by atoms with van der Waals surface area (Å²) in [6.45, 7) is 6.39. The van der Waals surface area contributed by atoms with Crippen LogP contribution < -0.4 is 11.5 Å². The van der Waals surface area contributed by atoms with E-state index in [1.54, 1.807) is 0 Å². The fourth-order valence-electron chi connectivity index (χ4n) is 2.02. The van der Waals surface area contributed by atoms with E-state index < -0.39 is 0 Å². The van der Waals surface area contributed by atoms with Crippen LogP contribution in [0, 0.1) is 5.92 Å². The Bertz CT molecular complexity index is 146. The standard InChI is InChI=1S/C10H22N2/c1-9(2,11)8-4-6-10(3,12)7-5-8/h8H,4-7,11-12H2,1-3H3/t8-,10-. The molecular weight excluding hydrogens is 148 g/mol. The largest absolute Gasteiger partial charge is 0.325 e. The van der Waals surface area contributed by atoms with Crippen molar-refractivity contribution in [3.8, 4) is 0 Å². The molecule has 0 bridgehead atoms. The van der Waals surface area contributed by atoms with Crippen LogP contribution in [0.3, 0.4) is 0 Å². The third-order valence-corrected chi connectivity index (χ3v) is 3.18. The summed E-state index contributed by atoms with van der Waals surface area (Å²) in [4.78, 5) is 0. The smallest absolute Gasteiger partial charge is 0.0126 e. The lowest BCUT2D eigenvalue weighted by Gasteiger charge is -2.40. The second-order valence-corrected chi connectivity index (χ2v) is 5.25. The molecular formula is C10H22N2. The van der Waals surface area contributed by atoms with Gasteiger partial charge in [-0.1, -0.05) is 0 Å². The van der Waals surface area contributed by atoms with Gasteiger partial charge in [0, 0.05) is 11.1 Å². The van der Waals surface area contributed by atoms with Gasteiger partial charge in [0.05, 0.1) is 0 Å². The van der Waals surface area contributed by atoms with Gasteiger partial charge in [-0.2, -0.15) is 0 Å². The molecule has 0 heterocycles. The first-order valence-electron chi connectivity index (χ1n) is 4.89. The molecule has 1 saturated carbocycles. The van der Waals surface area contributed by atoms with Crippen LogP contribution in [-0.4, -0.2) is 11.1 Å². The lowest BCUT2D eigenvalue weighted by atomic mass is 9.71. The molecule has 0 atom stereocenters. The van der Waals surface area contributed by atoms with Crippen molar-refractivity contribution in [3.05, 3.63) is 0 Å². The van der Waals surface area contributed by atoms with Crippen LogP contribution in [0.5, 0.6) is 0 Å². The Morgan fingerprint density at radius 2 is 1.67 bits per heavy atom. The van der Waals surface area contributed by atoms with Crippen molar-refractivity contribution in [2.45, 2.75) is 57.5 Å². The summed E-state index contributed by atoms with van der Waals surface area (Å²) in [6, 6.07) is 0. The summed E-state index contributed by atoms with van der Waals surface area (Å²) in [5.74, 6) is 0.661. The second kappa shape index (κ2) is 3.00. The lowest BCUT2D eigenvalue weighted by molar-refractivity contribution is 0.185. The van der Waals surface area contributed by atoms with Crippen LogP contribution in [0.25, 0.3) is 0 Å². The summed E-state index contributed by atoms with van der Waals surface area (Å²) in [6.07, 6.45) is 4.63. The highest BCUT2D eigenvalue weighted by atomic mass is 14.8. The van der Waals surface area contributed by atoms with Gasteiger partial charge in [-0.15, -0.1) is 0 Å². The second-order valence-electron chi connectivity index (χ2n) is 5.25. The molecule has 2 nitrogen and oxygen atoms in total. The SMILES string of the molecule is CC(C)(N)[C@H]1CC[C@](C)(N)CC1. The molecule has 0 amide bonds. The Kier molecular flexibility index (Phi) is 2.50. The number of hydrogen-bond acceptors (Lipinski definition) is 2. The number of hydrogen-bond donors (Lipinski definition) is 2. The molecule has 1 rings (SSSR count). The van der Waals surface area contributed by atoms with Crippen LogP contribution in [0.15, 0.2) is 0 Å². The molecule has 4 N–H and O–H groups in total. The fourth-order valence-corrected chi connectivity index (χ4v) is 2.02. The Morgan fingerprint density at radius 1 is 1.25 bits per heavy atom. The molecule has 1 aliphatic rings. The topological polar surface area (TPSA) is 52.0 Å². The molecule has 0 aliphatic heterocycles. The lowest BCUT2D eigenvalue weighted by Crippen LogP contribution is -2.48. The summed E-state index contributed by atoms with van der Waals surface area (Å²) in [7, 11) is 0. The van der Waals surface area contributed by atoms with E-state index in [4.69, 9.17) is 11.5 Å². The van der Waals surface area contributed by atoms with Crippen LogP contribution in [0.1, 0.15) is 46.5 Å². The van der Waals surface area contributed by atoms with Crippen LogP contribution in [-0.2, 0) is 0 Å². The van der Waals surface area contributed by atoms with E-state index in [1.165, 1.54) is 12.8 Å². The van der Waals surface area contributed by atoms with E-state index in [1.807, 2.05) is 0 Å². The molecule has 0 saturated heterocycles. The van der Waals surface area contributed by atoms with E-state index >= 15 is 0 Å². The first-order chi connectivity index (χ1) is 5.31. The normalized spacial score (nSPS) is 38.2. The van der Waals surface area contributed by atoms with Crippen LogP contribution >= 0.6 is 0 Å². The van der Waals surface area contributed by atoms with Crippen LogP contribution in [0.2, 0.25) is 0 Å². The maximum atomic E-state index is 6.06. The average Bonchev–Trinajstić information content (AvgIpc) is 1.83. The molecule has 0 aromatic rings. The number of rotatable bonds is 1. The molecule has 0 spiro atoms. The zero-order valence-corrected chi connectivity index (χ0v) is 8.56. The number of nitrogens with two attached hydrogens (primary N) is 2. The molecule has 0 aromatic heterocycles. The first kappa shape index (κ1) is 10.0. The molecule has 1 aliphatic carbocycles. The predicted molar refractivity (Wildman–Crippen MR) is 52.8 cm³/mol. The molecule has 0 aromatic carbocycles. The first-order valence-corrected chi connectivity index (χ1v) is 4.89. The average molecular weight is 170 g/mol. The monoisotopic (exact) mass is 170 g/mol. The highest BCUT2D eigenvalue weighted by Gasteiger charge is 2.33. The van der Waals surface area contributed by atoms with Gasteiger partial charge in [0.25, 0.3) is 0 Å². The third-order valence-electron chi connectivity index (χ3n) is 3.18. The van der Waals surface area contributed by atoms with Crippen LogP contribution in [0.4, 0.5) is 0 Å². The van der Waals surface area contributed by atoms with Gasteiger partial charge in [-0.05, 0) is 52.4 Å². The van der Waals surface area contributed by atoms with Gasteiger partial charge in [0.2, 0.25) is 0 Å². The third kappa shape index (κ3) is 2.46. The summed E-state index contributed by atoms with van der Waals surface area (Å²) in [5, 5.41) is 0. The van der Waals surface area contributed by atoms with E-state index in [2.05, 4.69) is 20.8 Å². The van der Waals surface area contributed by atoms with Gasteiger partial charge in [-0.25, -0.2) is 0 Å². The van der Waals surface area contributed by atoms with Crippen molar-refractivity contribution in [2.75, 3.05) is 0 Å². The van der Waals surface area contributed by atoms with Crippen molar-refractivity contribution in [3.63, 3.8) is 0 Å². The van der Waals surface area contributed by atoms with E-state index in [0.717, 1.165) is 12.8 Å². The van der Waals surface area contributed by atoms with Crippen molar-refractivity contribution in [1.82, 2.24) is 0 Å². The van der Waals surface area contributed by atoms with Crippen molar-refractivity contribution >= 4 is 0 Å². The molecule has 0 radical (unpaired) electrons. The highest BCUT2D eigenvalue weighted by Crippen LogP contribution is 2.34. The molecule has 1 fully saturated rings. The van der Waals surface area contributed by atoms with Gasteiger partial charge in [-0.3, -0.25) is 0 Å². The van der Waals surface area contributed by atoms with E-state index in [-0.39, 0.29) is 11.1 Å². The van der Waals surface area contributed by atoms with Crippen molar-refractivity contribution < 1.29 is 0 Å². The zero-order chi connectivity index (χ0) is 9.41. The Hall–Kier alpha value is -0.0800. The predicted octanol–water partition coefficient (Wildman–Crippen LogP) is 1.63. The fraction of sp³-hybridized carbons (Fsp3) is 1.00. The molecule has 12 heavy (non-hydrogen) atoms. The molecule has 0 unspecified atom stereocenters. The Balaban J connectivity index is 2.47. The van der Waals surface area contributed by atoms with Gasteiger partial charge < -0.3 is 11.5 Å². The Morgan fingerprint density at radius 3 is 2.00 bits per heavy atom. The molecule has 2 heteroatoms. The van der Waals surface area contributed by atoms with E-state index in [9.17, 15) is 0 Å². The molecule has 72 valence electrons. The quantitative estimate of drug-likeness (QED) is 0.628. The van der Waals surface area contributed by atoms with Crippen molar-refractivity contribution in [2.24, 2.45) is 17.4 Å². The van der Waals surface area contributed by atoms with Gasteiger partial charge in [0.15, 0.2) is 0 Å². The summed E-state index contributed by atoms with van der Waals surface area (Å²) >= 11 is 0. The van der Waals surface area contributed by atoms with Gasteiger partial charge in [0.1, 0.15) is 0 Å². The summed E-state index contributed by atoms with van der Waals surface area (Å²) in [5.41, 5.74) is 12.2. The van der Waals surface area contributed by atoms with E-state index in [0.29, 0.717) is 5.92 Å². The summed E-state index contributed by atoms with van der Waals surface area (Å²) < 4.78 is 0. The minimum atomic E-state index is -0.0174. The van der Waals surface area contributed by atoms with Gasteiger partial charge >= 0.3 is 0 Å². The minimum absolute atomic E-state index is 0.0174. The Labute approximate surface area is 75.7 Å². The maximum Gasteiger partial charge on any atom is 0.0126 e. The maximum absolute atomic E-state index is 6.06. The zero-order valence-electron chi connectivity index (χ0n) is 8.56.